The van der Waals surface area contributed by atoms with E-state index in [-0.39, 0.29) is 0 Å². The van der Waals surface area contributed by atoms with E-state index in [1.54, 1.807) is 18.3 Å². The summed E-state index contributed by atoms with van der Waals surface area (Å²) in [7, 11) is 0. The van der Waals surface area contributed by atoms with E-state index in [9.17, 15) is 5.26 Å². The maximum Gasteiger partial charge on any atom is 0.235 e. The third-order valence-electron chi connectivity index (χ3n) is 3.54. The fourth-order valence-corrected chi connectivity index (χ4v) is 2.62. The van der Waals surface area contributed by atoms with Crippen LogP contribution in [0.25, 0.3) is 28.1 Å². The molecule has 4 nitrogen and oxygen atoms in total. The predicted molar refractivity (Wildman–Crippen MR) is 85.7 cm³/mol. The summed E-state index contributed by atoms with van der Waals surface area (Å²) in [6, 6.07) is 17.2. The summed E-state index contributed by atoms with van der Waals surface area (Å²) in [4.78, 5) is 9.08. The third-order valence-corrected chi connectivity index (χ3v) is 3.79. The Bertz CT molecular complexity index is 1040. The van der Waals surface area contributed by atoms with Crippen LogP contribution in [0.4, 0.5) is 0 Å². The molecule has 0 saturated carbocycles. The van der Waals surface area contributed by atoms with Crippen molar-refractivity contribution in [1.82, 2.24) is 14.4 Å². The van der Waals surface area contributed by atoms with E-state index in [1.807, 2.05) is 40.8 Å². The van der Waals surface area contributed by atoms with Gasteiger partial charge in [0.05, 0.1) is 22.3 Å². The maximum atomic E-state index is 9.45. The minimum atomic E-state index is 0.498. The number of rotatable bonds is 1. The van der Waals surface area contributed by atoms with Crippen molar-refractivity contribution >= 4 is 28.4 Å². The Morgan fingerprint density at radius 2 is 1.77 bits per heavy atom. The fourth-order valence-electron chi connectivity index (χ4n) is 2.50. The van der Waals surface area contributed by atoms with Crippen LogP contribution in [0.2, 0.25) is 5.02 Å². The fraction of sp³-hybridized carbons (Fsp3) is 0. The number of halogens is 1. The second kappa shape index (κ2) is 4.83. The van der Waals surface area contributed by atoms with E-state index in [0.29, 0.717) is 22.1 Å². The predicted octanol–water partition coefficient (Wildman–Crippen LogP) is 4.07. The molecule has 0 saturated heterocycles. The van der Waals surface area contributed by atoms with Crippen molar-refractivity contribution in [2.24, 2.45) is 0 Å². The number of hydrogen-bond acceptors (Lipinski definition) is 3. The topological polar surface area (TPSA) is 54.0 Å². The number of fused-ring (bicyclic) bond motifs is 3. The number of nitriles is 1. The standard InChI is InChI=1S/C17H9ClN4/c18-13-7-5-11(6-8-13)16-12(9-19)10-22-15-4-2-1-3-14(15)20-17(22)21-16/h1-8,10H. The van der Waals surface area contributed by atoms with Crippen molar-refractivity contribution in [3.05, 3.63) is 65.3 Å². The van der Waals surface area contributed by atoms with Gasteiger partial charge in [-0.15, -0.1) is 0 Å². The van der Waals surface area contributed by atoms with E-state index in [2.05, 4.69) is 16.0 Å². The highest BCUT2D eigenvalue weighted by Gasteiger charge is 2.12. The van der Waals surface area contributed by atoms with Gasteiger partial charge in [0.15, 0.2) is 0 Å². The molecule has 2 heterocycles. The molecule has 0 aliphatic rings. The number of para-hydroxylation sites is 2. The Hall–Kier alpha value is -2.90. The molecule has 0 radical (unpaired) electrons. The summed E-state index contributed by atoms with van der Waals surface area (Å²) in [5.74, 6) is 0.574. The van der Waals surface area contributed by atoms with Crippen LogP contribution in [0.5, 0.6) is 0 Å². The number of hydrogen-bond donors (Lipinski definition) is 0. The zero-order valence-corrected chi connectivity index (χ0v) is 12.1. The van der Waals surface area contributed by atoms with Crippen LogP contribution < -0.4 is 0 Å². The molecule has 2 aromatic carbocycles. The highest BCUT2D eigenvalue weighted by atomic mass is 35.5. The first-order chi connectivity index (χ1) is 10.8. The summed E-state index contributed by atoms with van der Waals surface area (Å²) in [5, 5.41) is 10.1. The second-order valence-corrected chi connectivity index (χ2v) is 5.33. The van der Waals surface area contributed by atoms with Crippen molar-refractivity contribution in [2.75, 3.05) is 0 Å². The Labute approximate surface area is 131 Å². The minimum Gasteiger partial charge on any atom is -0.282 e. The average Bonchev–Trinajstić information content (AvgIpc) is 2.92. The molecule has 2 aromatic heterocycles. The van der Waals surface area contributed by atoms with Gasteiger partial charge < -0.3 is 0 Å². The van der Waals surface area contributed by atoms with Gasteiger partial charge in [-0.05, 0) is 24.3 Å². The largest absolute Gasteiger partial charge is 0.282 e. The van der Waals surface area contributed by atoms with Crippen LogP contribution in [0.3, 0.4) is 0 Å². The zero-order valence-electron chi connectivity index (χ0n) is 11.4. The van der Waals surface area contributed by atoms with Crippen molar-refractivity contribution in [3.8, 4) is 17.3 Å². The van der Waals surface area contributed by atoms with Crippen molar-refractivity contribution in [3.63, 3.8) is 0 Å². The van der Waals surface area contributed by atoms with Gasteiger partial charge in [0.2, 0.25) is 5.78 Å². The summed E-state index contributed by atoms with van der Waals surface area (Å²) in [5.41, 5.74) is 3.74. The van der Waals surface area contributed by atoms with Crippen LogP contribution in [0.1, 0.15) is 5.56 Å². The molecule has 0 unspecified atom stereocenters. The average molecular weight is 305 g/mol. The number of imidazole rings is 1. The summed E-state index contributed by atoms with van der Waals surface area (Å²) >= 11 is 5.92. The second-order valence-electron chi connectivity index (χ2n) is 4.89. The Morgan fingerprint density at radius 1 is 1.00 bits per heavy atom. The smallest absolute Gasteiger partial charge is 0.235 e. The molecule has 0 spiro atoms. The first-order valence-electron chi connectivity index (χ1n) is 6.70. The SMILES string of the molecule is N#Cc1cn2c(nc1-c1ccc(Cl)cc1)nc1ccccc12. The molecule has 4 aromatic rings. The van der Waals surface area contributed by atoms with E-state index in [1.165, 1.54) is 0 Å². The van der Waals surface area contributed by atoms with Crippen LogP contribution in [-0.4, -0.2) is 14.4 Å². The maximum absolute atomic E-state index is 9.45. The molecule has 0 atom stereocenters. The molecule has 0 N–H and O–H groups in total. The molecule has 0 fully saturated rings. The minimum absolute atomic E-state index is 0.498. The summed E-state index contributed by atoms with van der Waals surface area (Å²) in [6.07, 6.45) is 1.78. The molecule has 22 heavy (non-hydrogen) atoms. The lowest BCUT2D eigenvalue weighted by Crippen LogP contribution is -1.96. The quantitative estimate of drug-likeness (QED) is 0.532. The molecule has 0 aliphatic carbocycles. The zero-order chi connectivity index (χ0) is 15.1. The summed E-state index contributed by atoms with van der Waals surface area (Å²) in [6.45, 7) is 0. The molecular formula is C17H9ClN4. The van der Waals surface area contributed by atoms with Gasteiger partial charge in [-0.3, -0.25) is 4.40 Å². The van der Waals surface area contributed by atoms with Crippen LogP contribution in [0.15, 0.2) is 54.7 Å². The van der Waals surface area contributed by atoms with Gasteiger partial charge in [-0.2, -0.15) is 5.26 Å². The van der Waals surface area contributed by atoms with E-state index in [4.69, 9.17) is 11.6 Å². The lowest BCUT2D eigenvalue weighted by Gasteiger charge is -2.05. The van der Waals surface area contributed by atoms with Gasteiger partial charge in [0, 0.05) is 16.8 Å². The van der Waals surface area contributed by atoms with Gasteiger partial charge in [0.25, 0.3) is 0 Å². The van der Waals surface area contributed by atoms with Crippen LogP contribution >= 0.6 is 11.6 Å². The van der Waals surface area contributed by atoms with Crippen LogP contribution in [-0.2, 0) is 0 Å². The third kappa shape index (κ3) is 1.92. The first-order valence-corrected chi connectivity index (χ1v) is 7.08. The Balaban J connectivity index is 2.04. The molecule has 0 amide bonds. The van der Waals surface area contributed by atoms with Gasteiger partial charge >= 0.3 is 0 Å². The van der Waals surface area contributed by atoms with E-state index >= 15 is 0 Å². The number of aromatic nitrogens is 3. The summed E-state index contributed by atoms with van der Waals surface area (Å²) < 4.78 is 1.84. The number of nitrogens with zero attached hydrogens (tertiary/aromatic N) is 4. The molecule has 5 heteroatoms. The van der Waals surface area contributed by atoms with E-state index < -0.39 is 0 Å². The molecule has 4 rings (SSSR count). The molecule has 0 bridgehead atoms. The highest BCUT2D eigenvalue weighted by molar-refractivity contribution is 6.30. The highest BCUT2D eigenvalue weighted by Crippen LogP contribution is 2.25. The molecule has 0 aliphatic heterocycles. The lowest BCUT2D eigenvalue weighted by atomic mass is 10.1. The van der Waals surface area contributed by atoms with Crippen LogP contribution in [0, 0.1) is 11.3 Å². The first kappa shape index (κ1) is 12.8. The lowest BCUT2D eigenvalue weighted by molar-refractivity contribution is 1.12. The van der Waals surface area contributed by atoms with Gasteiger partial charge in [-0.1, -0.05) is 35.9 Å². The Morgan fingerprint density at radius 3 is 2.55 bits per heavy atom. The molecule has 104 valence electrons. The van der Waals surface area contributed by atoms with Crippen molar-refractivity contribution in [2.45, 2.75) is 0 Å². The van der Waals surface area contributed by atoms with Gasteiger partial charge in [-0.25, -0.2) is 9.97 Å². The normalized spacial score (nSPS) is 10.9. The van der Waals surface area contributed by atoms with Gasteiger partial charge in [0.1, 0.15) is 6.07 Å². The monoisotopic (exact) mass is 304 g/mol. The Kier molecular flexibility index (Phi) is 2.81. The van der Waals surface area contributed by atoms with Crippen molar-refractivity contribution in [1.29, 1.82) is 5.26 Å². The van der Waals surface area contributed by atoms with E-state index in [0.717, 1.165) is 16.6 Å². The molecular weight excluding hydrogens is 296 g/mol. The number of benzene rings is 2. The van der Waals surface area contributed by atoms with Crippen molar-refractivity contribution < 1.29 is 0 Å².